The highest BCUT2D eigenvalue weighted by molar-refractivity contribution is 7.92. The van der Waals surface area contributed by atoms with Crippen LogP contribution in [0, 0.1) is 0 Å². The highest BCUT2D eigenvalue weighted by atomic mass is 32.2. The summed E-state index contributed by atoms with van der Waals surface area (Å²) in [5, 5.41) is 6.25. The van der Waals surface area contributed by atoms with Crippen molar-refractivity contribution in [3.63, 3.8) is 0 Å². The van der Waals surface area contributed by atoms with Gasteiger partial charge < -0.3 is 5.32 Å². The van der Waals surface area contributed by atoms with Gasteiger partial charge in [-0.1, -0.05) is 42.5 Å². The molecule has 0 aliphatic rings. The minimum Gasteiger partial charge on any atom is -0.352 e. The molecule has 0 spiro atoms. The maximum absolute atomic E-state index is 12.5. The molecule has 0 saturated heterocycles. The van der Waals surface area contributed by atoms with E-state index in [0.29, 0.717) is 17.8 Å². The number of thiophene rings is 1. The number of carbonyl (C=O) groups is 1. The van der Waals surface area contributed by atoms with Crippen molar-refractivity contribution < 1.29 is 13.2 Å². The second-order valence-corrected chi connectivity index (χ2v) is 9.36. The van der Waals surface area contributed by atoms with E-state index in [2.05, 4.69) is 27.6 Å². The highest BCUT2D eigenvalue weighted by Crippen LogP contribution is 2.25. The van der Waals surface area contributed by atoms with E-state index in [1.807, 2.05) is 12.1 Å². The third-order valence-electron chi connectivity index (χ3n) is 4.67. The second-order valence-electron chi connectivity index (χ2n) is 6.76. The van der Waals surface area contributed by atoms with E-state index in [1.54, 1.807) is 47.7 Å². The van der Waals surface area contributed by atoms with E-state index >= 15 is 0 Å². The Labute approximate surface area is 179 Å². The molecule has 30 heavy (non-hydrogen) atoms. The van der Waals surface area contributed by atoms with Gasteiger partial charge in [-0.3, -0.25) is 9.52 Å². The Kier molecular flexibility index (Phi) is 5.83. The fraction of sp³-hybridized carbons (Fsp3) is 0.0870. The summed E-state index contributed by atoms with van der Waals surface area (Å²) in [4.78, 5) is 12.7. The van der Waals surface area contributed by atoms with Crippen LogP contribution in [0.15, 0.2) is 89.1 Å². The van der Waals surface area contributed by atoms with Gasteiger partial charge >= 0.3 is 0 Å². The fourth-order valence-corrected chi connectivity index (χ4v) is 5.24. The van der Waals surface area contributed by atoms with Gasteiger partial charge in [0.05, 0.1) is 4.90 Å². The van der Waals surface area contributed by atoms with Crippen LogP contribution in [-0.2, 0) is 16.4 Å². The minimum atomic E-state index is -3.70. The van der Waals surface area contributed by atoms with E-state index in [4.69, 9.17) is 0 Å². The summed E-state index contributed by atoms with van der Waals surface area (Å²) in [6, 6.07) is 22.8. The zero-order chi connectivity index (χ0) is 21.0. The molecule has 1 amide bonds. The van der Waals surface area contributed by atoms with Crippen LogP contribution in [0.2, 0.25) is 0 Å². The lowest BCUT2D eigenvalue weighted by Gasteiger charge is -2.10. The van der Waals surface area contributed by atoms with Crippen LogP contribution in [-0.4, -0.2) is 20.9 Å². The number of nitrogens with one attached hydrogen (secondary N) is 2. The normalized spacial score (nSPS) is 11.3. The van der Waals surface area contributed by atoms with E-state index in [9.17, 15) is 13.2 Å². The Hall–Kier alpha value is -3.16. The molecule has 0 saturated carbocycles. The Morgan fingerprint density at radius 2 is 1.67 bits per heavy atom. The summed E-state index contributed by atoms with van der Waals surface area (Å²) < 4.78 is 28.7. The number of amides is 1. The van der Waals surface area contributed by atoms with Gasteiger partial charge in [-0.25, -0.2) is 8.42 Å². The summed E-state index contributed by atoms with van der Waals surface area (Å²) in [6.45, 7) is 0.500. The molecule has 3 aromatic carbocycles. The molecule has 7 heteroatoms. The van der Waals surface area contributed by atoms with E-state index in [-0.39, 0.29) is 10.8 Å². The van der Waals surface area contributed by atoms with Gasteiger partial charge in [0.2, 0.25) is 0 Å². The third-order valence-corrected chi connectivity index (χ3v) is 7.08. The van der Waals surface area contributed by atoms with E-state index < -0.39 is 10.0 Å². The molecule has 0 unspecified atom stereocenters. The molecule has 1 heterocycles. The monoisotopic (exact) mass is 436 g/mol. The van der Waals surface area contributed by atoms with Crippen molar-refractivity contribution in [3.05, 3.63) is 95.4 Å². The predicted molar refractivity (Wildman–Crippen MR) is 122 cm³/mol. The first-order valence-corrected chi connectivity index (χ1v) is 11.8. The van der Waals surface area contributed by atoms with Gasteiger partial charge in [0, 0.05) is 22.5 Å². The first-order chi connectivity index (χ1) is 14.5. The molecule has 0 aliphatic carbocycles. The number of rotatable bonds is 7. The summed E-state index contributed by atoms with van der Waals surface area (Å²) >= 11 is 1.70. The van der Waals surface area contributed by atoms with Crippen molar-refractivity contribution in [2.24, 2.45) is 0 Å². The standard InChI is InChI=1S/C23H20N2O3S2/c26-23(24-14-13-18-16-29-22-12-5-4-11-21(18)22)17-7-6-8-19(15-17)25-30(27,28)20-9-2-1-3-10-20/h1-12,15-16,25H,13-14H2,(H,24,26). The van der Waals surface area contributed by atoms with Crippen LogP contribution in [0.5, 0.6) is 0 Å². The Balaban J connectivity index is 1.40. The third kappa shape index (κ3) is 4.53. The average molecular weight is 437 g/mol. The van der Waals surface area contributed by atoms with Crippen molar-refractivity contribution in [2.45, 2.75) is 11.3 Å². The van der Waals surface area contributed by atoms with Crippen molar-refractivity contribution in [2.75, 3.05) is 11.3 Å². The average Bonchev–Trinajstić information content (AvgIpc) is 3.17. The van der Waals surface area contributed by atoms with Crippen molar-refractivity contribution in [1.82, 2.24) is 5.32 Å². The van der Waals surface area contributed by atoms with Crippen molar-refractivity contribution >= 4 is 43.0 Å². The number of anilines is 1. The minimum absolute atomic E-state index is 0.169. The van der Waals surface area contributed by atoms with Crippen LogP contribution >= 0.6 is 11.3 Å². The van der Waals surface area contributed by atoms with Crippen LogP contribution in [0.1, 0.15) is 15.9 Å². The lowest BCUT2D eigenvalue weighted by Crippen LogP contribution is -2.25. The van der Waals surface area contributed by atoms with Gasteiger partial charge in [-0.2, -0.15) is 0 Å². The Morgan fingerprint density at radius 3 is 2.50 bits per heavy atom. The molecule has 5 nitrogen and oxygen atoms in total. The summed E-state index contributed by atoms with van der Waals surface area (Å²) in [5.74, 6) is -0.240. The maximum atomic E-state index is 12.5. The van der Waals surface area contributed by atoms with E-state index in [0.717, 1.165) is 6.42 Å². The largest absolute Gasteiger partial charge is 0.352 e. The van der Waals surface area contributed by atoms with Crippen LogP contribution in [0.25, 0.3) is 10.1 Å². The predicted octanol–water partition coefficient (Wildman–Crippen LogP) is 4.67. The quantitative estimate of drug-likeness (QED) is 0.442. The van der Waals surface area contributed by atoms with Crippen LogP contribution in [0.3, 0.4) is 0 Å². The Bertz CT molecular complexity index is 1280. The number of hydrogen-bond donors (Lipinski definition) is 2. The molecular formula is C23H20N2O3S2. The highest BCUT2D eigenvalue weighted by Gasteiger charge is 2.14. The maximum Gasteiger partial charge on any atom is 0.261 e. The van der Waals surface area contributed by atoms with E-state index in [1.165, 1.54) is 33.8 Å². The number of carbonyl (C=O) groups excluding carboxylic acids is 1. The van der Waals surface area contributed by atoms with Gasteiger partial charge in [0.15, 0.2) is 0 Å². The van der Waals surface area contributed by atoms with Crippen LogP contribution in [0.4, 0.5) is 5.69 Å². The first kappa shape index (κ1) is 20.1. The Morgan fingerprint density at radius 1 is 0.900 bits per heavy atom. The molecular weight excluding hydrogens is 416 g/mol. The molecule has 0 atom stereocenters. The topological polar surface area (TPSA) is 75.3 Å². The second kappa shape index (κ2) is 8.69. The van der Waals surface area contributed by atoms with Gasteiger partial charge in [-0.15, -0.1) is 11.3 Å². The van der Waals surface area contributed by atoms with Gasteiger partial charge in [0.25, 0.3) is 15.9 Å². The number of fused-ring (bicyclic) bond motifs is 1. The molecule has 0 fully saturated rings. The molecule has 2 N–H and O–H groups in total. The molecule has 4 rings (SSSR count). The summed E-state index contributed by atoms with van der Waals surface area (Å²) in [5.41, 5.74) is 1.95. The number of benzene rings is 3. The zero-order valence-corrected chi connectivity index (χ0v) is 17.7. The molecule has 1 aromatic heterocycles. The number of hydrogen-bond acceptors (Lipinski definition) is 4. The molecule has 4 aromatic rings. The zero-order valence-electron chi connectivity index (χ0n) is 16.0. The SMILES string of the molecule is O=C(NCCc1csc2ccccc12)c1cccc(NS(=O)(=O)c2ccccc2)c1. The summed E-state index contributed by atoms with van der Waals surface area (Å²) in [6.07, 6.45) is 0.732. The lowest BCUT2D eigenvalue weighted by atomic mass is 10.1. The molecule has 152 valence electrons. The number of sulfonamides is 1. The van der Waals surface area contributed by atoms with Gasteiger partial charge in [0.1, 0.15) is 0 Å². The van der Waals surface area contributed by atoms with Crippen LogP contribution < -0.4 is 10.0 Å². The molecule has 0 radical (unpaired) electrons. The summed E-state index contributed by atoms with van der Waals surface area (Å²) in [7, 11) is -3.70. The fourth-order valence-electron chi connectivity index (χ4n) is 3.18. The van der Waals surface area contributed by atoms with Gasteiger partial charge in [-0.05, 0) is 59.1 Å². The smallest absolute Gasteiger partial charge is 0.261 e. The van der Waals surface area contributed by atoms with Crippen molar-refractivity contribution in [3.8, 4) is 0 Å². The molecule has 0 aliphatic heterocycles. The van der Waals surface area contributed by atoms with Crippen molar-refractivity contribution in [1.29, 1.82) is 0 Å². The molecule has 0 bridgehead atoms. The lowest BCUT2D eigenvalue weighted by molar-refractivity contribution is 0.0954. The first-order valence-electron chi connectivity index (χ1n) is 9.44.